The van der Waals surface area contributed by atoms with Gasteiger partial charge in [-0.3, -0.25) is 4.79 Å². The second-order valence-corrected chi connectivity index (χ2v) is 10.4. The minimum absolute atomic E-state index is 0.0457. The molecule has 33 heavy (non-hydrogen) atoms. The molecule has 1 aromatic heterocycles. The highest BCUT2D eigenvalue weighted by molar-refractivity contribution is 7.89. The van der Waals surface area contributed by atoms with E-state index in [4.69, 9.17) is 11.6 Å². The van der Waals surface area contributed by atoms with Crippen LogP contribution in [0.2, 0.25) is 5.02 Å². The summed E-state index contributed by atoms with van der Waals surface area (Å²) < 4.78 is 42.0. The van der Waals surface area contributed by atoms with Crippen molar-refractivity contribution in [1.82, 2.24) is 19.2 Å². The number of halogens is 2. The van der Waals surface area contributed by atoms with Gasteiger partial charge in [0.2, 0.25) is 15.9 Å². The monoisotopic (exact) mass is 490 g/mol. The van der Waals surface area contributed by atoms with Gasteiger partial charge < -0.3 is 9.88 Å². The number of amides is 1. The molecule has 1 unspecified atom stereocenters. The van der Waals surface area contributed by atoms with Gasteiger partial charge in [0.05, 0.1) is 4.90 Å². The van der Waals surface area contributed by atoms with Crippen LogP contribution in [-0.4, -0.2) is 41.3 Å². The average Bonchev–Trinajstić information content (AvgIpc) is 3.24. The van der Waals surface area contributed by atoms with E-state index in [0.717, 1.165) is 17.7 Å². The third kappa shape index (κ3) is 5.10. The Labute approximate surface area is 197 Å². The summed E-state index contributed by atoms with van der Waals surface area (Å²) in [6.07, 6.45) is 4.26. The number of rotatable bonds is 6. The van der Waals surface area contributed by atoms with Gasteiger partial charge in [-0.2, -0.15) is 4.31 Å². The van der Waals surface area contributed by atoms with Gasteiger partial charge in [-0.1, -0.05) is 23.7 Å². The fraction of sp³-hybridized carbons (Fsp3) is 0.304. The molecule has 4 rings (SSSR count). The van der Waals surface area contributed by atoms with Crippen molar-refractivity contribution in [3.05, 3.63) is 83.2 Å². The van der Waals surface area contributed by atoms with Gasteiger partial charge in [-0.25, -0.2) is 17.8 Å². The van der Waals surface area contributed by atoms with Crippen molar-refractivity contribution in [2.45, 2.75) is 23.8 Å². The van der Waals surface area contributed by atoms with E-state index in [0.29, 0.717) is 23.7 Å². The smallest absolute Gasteiger partial charge is 0.243 e. The molecular weight excluding hydrogens is 467 g/mol. The van der Waals surface area contributed by atoms with Crippen molar-refractivity contribution < 1.29 is 17.6 Å². The Balaban J connectivity index is 1.45. The number of hydrogen-bond donors (Lipinski definition) is 1. The number of sulfonamides is 1. The van der Waals surface area contributed by atoms with E-state index in [1.807, 2.05) is 29.9 Å². The van der Waals surface area contributed by atoms with E-state index < -0.39 is 21.9 Å². The fourth-order valence-electron chi connectivity index (χ4n) is 3.98. The number of piperidine rings is 1. The van der Waals surface area contributed by atoms with Crippen LogP contribution in [0, 0.1) is 11.7 Å². The zero-order valence-electron chi connectivity index (χ0n) is 18.0. The predicted molar refractivity (Wildman–Crippen MR) is 123 cm³/mol. The molecule has 1 saturated heterocycles. The van der Waals surface area contributed by atoms with Gasteiger partial charge in [-0.15, -0.1) is 0 Å². The Morgan fingerprint density at radius 3 is 2.33 bits per heavy atom. The molecule has 0 saturated carbocycles. The minimum Gasteiger partial charge on any atom is -0.342 e. The Morgan fingerprint density at radius 2 is 1.76 bits per heavy atom. The molecule has 3 aromatic rings. The van der Waals surface area contributed by atoms with E-state index in [2.05, 4.69) is 10.3 Å². The molecule has 0 aliphatic carbocycles. The lowest BCUT2D eigenvalue weighted by atomic mass is 9.96. The van der Waals surface area contributed by atoms with E-state index >= 15 is 0 Å². The van der Waals surface area contributed by atoms with Gasteiger partial charge in [0.25, 0.3) is 0 Å². The number of carbonyl (C=O) groups is 1. The standard InChI is InChI=1S/C23H24ClFN4O3S/c1-28-15-12-26-22(28)21(16-2-4-18(24)5-3-16)27-23(30)17-10-13-29(14-11-17)33(31,32)20-8-6-19(25)7-9-20/h2-9,12,15,17,21H,10-11,13-14H2,1H3,(H,27,30). The average molecular weight is 491 g/mol. The van der Waals surface area contributed by atoms with Crippen LogP contribution < -0.4 is 5.32 Å². The highest BCUT2D eigenvalue weighted by Gasteiger charge is 2.33. The topological polar surface area (TPSA) is 84.3 Å². The van der Waals surface area contributed by atoms with E-state index in [-0.39, 0.29) is 29.8 Å². The minimum atomic E-state index is -3.73. The first-order valence-electron chi connectivity index (χ1n) is 10.5. The normalized spacial score (nSPS) is 16.5. The van der Waals surface area contributed by atoms with Crippen LogP contribution in [0.15, 0.2) is 65.8 Å². The number of aromatic nitrogens is 2. The van der Waals surface area contributed by atoms with Crippen molar-refractivity contribution in [1.29, 1.82) is 0 Å². The molecule has 1 aliphatic heterocycles. The van der Waals surface area contributed by atoms with Crippen LogP contribution in [-0.2, 0) is 21.9 Å². The number of carbonyl (C=O) groups excluding carboxylic acids is 1. The van der Waals surface area contributed by atoms with Crippen LogP contribution >= 0.6 is 11.6 Å². The molecule has 1 amide bonds. The summed E-state index contributed by atoms with van der Waals surface area (Å²) in [5.41, 5.74) is 0.846. The number of nitrogens with zero attached hydrogens (tertiary/aromatic N) is 3. The summed E-state index contributed by atoms with van der Waals surface area (Å²) in [7, 11) is -1.87. The van der Waals surface area contributed by atoms with E-state index in [1.165, 1.54) is 16.4 Å². The summed E-state index contributed by atoms with van der Waals surface area (Å²) in [6.45, 7) is 0.428. The van der Waals surface area contributed by atoms with Gasteiger partial charge in [-0.05, 0) is 54.8 Å². The predicted octanol–water partition coefficient (Wildman–Crippen LogP) is 3.52. The maximum Gasteiger partial charge on any atom is 0.243 e. The Kier molecular flexibility index (Phi) is 6.83. The van der Waals surface area contributed by atoms with Crippen LogP contribution in [0.5, 0.6) is 0 Å². The number of hydrogen-bond acceptors (Lipinski definition) is 4. The number of aryl methyl sites for hydroxylation is 1. The fourth-order valence-corrected chi connectivity index (χ4v) is 5.58. The SMILES string of the molecule is Cn1ccnc1C(NC(=O)C1CCN(S(=O)(=O)c2ccc(F)cc2)CC1)c1ccc(Cl)cc1. The second kappa shape index (κ2) is 9.62. The van der Waals surface area contributed by atoms with E-state index in [9.17, 15) is 17.6 Å². The summed E-state index contributed by atoms with van der Waals surface area (Å²) >= 11 is 6.02. The Hall–Kier alpha value is -2.75. The lowest BCUT2D eigenvalue weighted by molar-refractivity contribution is -0.126. The first-order valence-corrected chi connectivity index (χ1v) is 12.4. The molecule has 0 bridgehead atoms. The van der Waals surface area contributed by atoms with E-state index in [1.54, 1.807) is 18.3 Å². The molecular formula is C23H24ClFN4O3S. The highest BCUT2D eigenvalue weighted by atomic mass is 35.5. The van der Waals surface area contributed by atoms with Crippen molar-refractivity contribution in [3.8, 4) is 0 Å². The molecule has 2 heterocycles. The van der Waals surface area contributed by atoms with Crippen LogP contribution in [0.25, 0.3) is 0 Å². The van der Waals surface area contributed by atoms with Crippen molar-refractivity contribution in [3.63, 3.8) is 0 Å². The lowest BCUT2D eigenvalue weighted by Crippen LogP contribution is -2.44. The molecule has 1 aliphatic rings. The molecule has 2 aromatic carbocycles. The molecule has 174 valence electrons. The zero-order valence-corrected chi connectivity index (χ0v) is 19.6. The van der Waals surface area contributed by atoms with Crippen LogP contribution in [0.1, 0.15) is 30.3 Å². The molecule has 1 atom stereocenters. The van der Waals surface area contributed by atoms with Crippen LogP contribution in [0.4, 0.5) is 4.39 Å². The Morgan fingerprint density at radius 1 is 1.12 bits per heavy atom. The number of imidazole rings is 1. The second-order valence-electron chi connectivity index (χ2n) is 8.02. The first-order chi connectivity index (χ1) is 15.8. The third-order valence-electron chi connectivity index (χ3n) is 5.88. The van der Waals surface area contributed by atoms with Gasteiger partial charge >= 0.3 is 0 Å². The van der Waals surface area contributed by atoms with Gasteiger partial charge in [0.15, 0.2) is 0 Å². The van der Waals surface area contributed by atoms with Crippen molar-refractivity contribution in [2.24, 2.45) is 13.0 Å². The first kappa shape index (κ1) is 23.4. The lowest BCUT2D eigenvalue weighted by Gasteiger charge is -2.31. The molecule has 1 N–H and O–H groups in total. The molecule has 7 nitrogen and oxygen atoms in total. The van der Waals surface area contributed by atoms with Gasteiger partial charge in [0.1, 0.15) is 17.7 Å². The third-order valence-corrected chi connectivity index (χ3v) is 8.05. The largest absolute Gasteiger partial charge is 0.342 e. The van der Waals surface area contributed by atoms with Gasteiger partial charge in [0, 0.05) is 43.5 Å². The van der Waals surface area contributed by atoms with Crippen molar-refractivity contribution >= 4 is 27.5 Å². The maximum atomic E-state index is 13.2. The molecule has 10 heteroatoms. The summed E-state index contributed by atoms with van der Waals surface area (Å²) in [5.74, 6) is -0.300. The maximum absolute atomic E-state index is 13.2. The zero-order chi connectivity index (χ0) is 23.6. The quantitative estimate of drug-likeness (QED) is 0.573. The summed E-state index contributed by atoms with van der Waals surface area (Å²) in [4.78, 5) is 17.6. The molecule has 0 spiro atoms. The Bertz CT molecular complexity index is 1220. The molecule has 1 fully saturated rings. The highest BCUT2D eigenvalue weighted by Crippen LogP contribution is 2.27. The van der Waals surface area contributed by atoms with Crippen LogP contribution in [0.3, 0.4) is 0 Å². The number of nitrogens with one attached hydrogen (secondary N) is 1. The summed E-state index contributed by atoms with van der Waals surface area (Å²) in [6, 6.07) is 11.5. The van der Waals surface area contributed by atoms with Crippen molar-refractivity contribution in [2.75, 3.05) is 13.1 Å². The number of benzene rings is 2. The summed E-state index contributed by atoms with van der Waals surface area (Å²) in [5, 5.41) is 3.68. The molecule has 0 radical (unpaired) electrons.